The number of aromatic nitrogens is 1. The molecule has 2 aliphatic heterocycles. The molecule has 2 bridgehead atoms. The number of phenols is 1. The second-order valence-electron chi connectivity index (χ2n) is 13.4. The van der Waals surface area contributed by atoms with Gasteiger partial charge in [0.05, 0.1) is 16.7 Å². The molecule has 1 saturated heterocycles. The predicted molar refractivity (Wildman–Crippen MR) is 164 cm³/mol. The van der Waals surface area contributed by atoms with E-state index in [1.807, 2.05) is 30.3 Å². The summed E-state index contributed by atoms with van der Waals surface area (Å²) in [6, 6.07) is 21.7. The maximum Gasteiger partial charge on any atom is 0.251 e. The first-order valence-electron chi connectivity index (χ1n) is 15.9. The zero-order valence-corrected chi connectivity index (χ0v) is 24.3. The van der Waals surface area contributed by atoms with Crippen LogP contribution in [0.4, 0.5) is 0 Å². The molecular formula is C36H37N3O4. The van der Waals surface area contributed by atoms with Gasteiger partial charge in [-0.2, -0.15) is 0 Å². The smallest absolute Gasteiger partial charge is 0.251 e. The second kappa shape index (κ2) is 9.10. The number of amides is 1. The number of aliphatic hydroxyl groups is 1. The van der Waals surface area contributed by atoms with E-state index in [0.717, 1.165) is 60.4 Å². The predicted octanol–water partition coefficient (Wildman–Crippen LogP) is 4.87. The van der Waals surface area contributed by atoms with Gasteiger partial charge in [0.15, 0.2) is 17.6 Å². The molecule has 9 rings (SSSR count). The summed E-state index contributed by atoms with van der Waals surface area (Å²) in [4.78, 5) is 15.3. The van der Waals surface area contributed by atoms with E-state index in [-0.39, 0.29) is 23.8 Å². The number of rotatable bonds is 7. The summed E-state index contributed by atoms with van der Waals surface area (Å²) in [5.41, 5.74) is 4.73. The van der Waals surface area contributed by atoms with Gasteiger partial charge in [0, 0.05) is 54.1 Å². The summed E-state index contributed by atoms with van der Waals surface area (Å²) in [6.07, 6.45) is 5.09. The van der Waals surface area contributed by atoms with Gasteiger partial charge in [-0.1, -0.05) is 42.5 Å². The number of carbonyl (C=O) groups excluding carboxylic acids is 1. The highest BCUT2D eigenvalue weighted by Gasteiger charge is 2.73. The van der Waals surface area contributed by atoms with E-state index in [4.69, 9.17) is 4.74 Å². The standard InChI is InChI=1S/C36H37N3O4/c40-28-14-13-24-19-29-36(42)20-26-25-9-4-5-10-27(25)39(17-6-16-37-34(41)23-7-2-1-3-8-23)31(26)33-35(36,30(24)32(28)43-33)15-18-38(29)21-22-11-12-22/h1-5,7-10,13-14,22,29,33,40,42H,6,11-12,15-21H2,(H,37,41)/t29-,33+,35+,36-/m1/s1. The van der Waals surface area contributed by atoms with Crippen LogP contribution in [0.2, 0.25) is 0 Å². The van der Waals surface area contributed by atoms with Crippen LogP contribution in [0.3, 0.4) is 0 Å². The highest BCUT2D eigenvalue weighted by atomic mass is 16.5. The lowest BCUT2D eigenvalue weighted by atomic mass is 9.49. The summed E-state index contributed by atoms with van der Waals surface area (Å²) >= 11 is 0. The summed E-state index contributed by atoms with van der Waals surface area (Å²) in [5, 5.41) is 28.5. The first-order valence-corrected chi connectivity index (χ1v) is 15.9. The number of carbonyl (C=O) groups is 1. The third-order valence-corrected chi connectivity index (χ3v) is 11.2. The Hall–Kier alpha value is -3.81. The number of benzene rings is 3. The number of likely N-dealkylation sites (tertiary alicyclic amines) is 1. The number of piperidine rings is 1. The van der Waals surface area contributed by atoms with E-state index in [1.165, 1.54) is 24.0 Å². The molecule has 0 unspecified atom stereocenters. The van der Waals surface area contributed by atoms with Gasteiger partial charge in [-0.3, -0.25) is 9.69 Å². The molecule has 1 spiro atoms. The van der Waals surface area contributed by atoms with Crippen LogP contribution in [0, 0.1) is 5.92 Å². The fraction of sp³-hybridized carbons (Fsp3) is 0.417. The Labute approximate surface area is 251 Å². The van der Waals surface area contributed by atoms with Crippen molar-refractivity contribution in [1.82, 2.24) is 14.8 Å². The van der Waals surface area contributed by atoms with Crippen molar-refractivity contribution < 1.29 is 19.7 Å². The summed E-state index contributed by atoms with van der Waals surface area (Å²) in [5.74, 6) is 1.41. The van der Waals surface area contributed by atoms with E-state index in [2.05, 4.69) is 45.1 Å². The third-order valence-electron chi connectivity index (χ3n) is 11.2. The molecular weight excluding hydrogens is 538 g/mol. The minimum Gasteiger partial charge on any atom is -0.504 e. The Balaban J connectivity index is 1.13. The van der Waals surface area contributed by atoms with Crippen molar-refractivity contribution in [3.05, 3.63) is 94.7 Å². The normalized spacial score (nSPS) is 28.3. The van der Waals surface area contributed by atoms with Crippen LogP contribution in [0.25, 0.3) is 10.9 Å². The fourth-order valence-corrected chi connectivity index (χ4v) is 9.17. The van der Waals surface area contributed by atoms with Gasteiger partial charge in [0.25, 0.3) is 5.91 Å². The number of hydrogen-bond donors (Lipinski definition) is 3. The molecule has 3 aliphatic carbocycles. The van der Waals surface area contributed by atoms with Crippen LogP contribution in [0.5, 0.6) is 11.5 Å². The molecule has 3 aromatic carbocycles. The van der Waals surface area contributed by atoms with Crippen LogP contribution in [-0.4, -0.2) is 56.9 Å². The largest absolute Gasteiger partial charge is 0.504 e. The average molecular weight is 576 g/mol. The molecule has 0 radical (unpaired) electrons. The average Bonchev–Trinajstić information content (AvgIpc) is 3.70. The zero-order valence-electron chi connectivity index (χ0n) is 24.3. The van der Waals surface area contributed by atoms with E-state index >= 15 is 0 Å². The second-order valence-corrected chi connectivity index (χ2v) is 13.4. The van der Waals surface area contributed by atoms with E-state index < -0.39 is 11.0 Å². The lowest BCUT2D eigenvalue weighted by Crippen LogP contribution is -2.74. The molecule has 4 aromatic rings. The lowest BCUT2D eigenvalue weighted by Gasteiger charge is -2.63. The van der Waals surface area contributed by atoms with Crippen LogP contribution >= 0.6 is 0 Å². The molecule has 2 fully saturated rings. The van der Waals surface area contributed by atoms with Crippen molar-refractivity contribution in [1.29, 1.82) is 0 Å². The molecule has 1 saturated carbocycles. The van der Waals surface area contributed by atoms with Crippen molar-refractivity contribution in [2.75, 3.05) is 19.6 Å². The Bertz CT molecular complexity index is 1780. The minimum absolute atomic E-state index is 0.0133. The molecule has 4 atom stereocenters. The number of ether oxygens (including phenoxy) is 1. The van der Waals surface area contributed by atoms with Crippen LogP contribution < -0.4 is 10.1 Å². The van der Waals surface area contributed by atoms with Crippen LogP contribution in [0.15, 0.2) is 66.7 Å². The number of hydrogen-bond acceptors (Lipinski definition) is 5. The zero-order chi connectivity index (χ0) is 28.9. The van der Waals surface area contributed by atoms with Gasteiger partial charge in [0.1, 0.15) is 0 Å². The molecule has 7 nitrogen and oxygen atoms in total. The number of aromatic hydroxyl groups is 1. The van der Waals surface area contributed by atoms with Crippen molar-refractivity contribution >= 4 is 16.8 Å². The molecule has 3 N–H and O–H groups in total. The highest BCUT2D eigenvalue weighted by molar-refractivity contribution is 5.94. The van der Waals surface area contributed by atoms with E-state index in [9.17, 15) is 15.0 Å². The van der Waals surface area contributed by atoms with E-state index in [1.54, 1.807) is 6.07 Å². The van der Waals surface area contributed by atoms with Gasteiger partial charge >= 0.3 is 0 Å². The molecule has 3 heterocycles. The Morgan fingerprint density at radius 3 is 2.70 bits per heavy atom. The maximum atomic E-state index is 13.1. The number of nitrogens with one attached hydrogen (secondary N) is 1. The SMILES string of the molecule is O=C(NCCCn1c2c(c3ccccc31)C[C@@]1(O)[C@H]3Cc4ccc(O)c5c4[C@@]1(CCN3CC1CC1)[C@H]2O5)c1ccccc1. The number of para-hydroxylation sites is 1. The first-order chi connectivity index (χ1) is 21.0. The molecule has 7 heteroatoms. The molecule has 220 valence electrons. The van der Waals surface area contributed by atoms with Gasteiger partial charge in [0.2, 0.25) is 0 Å². The maximum absolute atomic E-state index is 13.1. The highest BCUT2D eigenvalue weighted by Crippen LogP contribution is 2.69. The van der Waals surface area contributed by atoms with Gasteiger partial charge < -0.3 is 24.8 Å². The minimum atomic E-state index is -0.998. The van der Waals surface area contributed by atoms with Crippen molar-refractivity contribution in [2.45, 2.75) is 68.2 Å². The number of phenolic OH excluding ortho intramolecular Hbond substituents is 1. The van der Waals surface area contributed by atoms with Crippen LogP contribution in [0.1, 0.15) is 64.5 Å². The van der Waals surface area contributed by atoms with E-state index in [0.29, 0.717) is 30.8 Å². The monoisotopic (exact) mass is 575 g/mol. The van der Waals surface area contributed by atoms with Gasteiger partial charge in [-0.25, -0.2) is 0 Å². The number of aryl methyl sites for hydroxylation is 1. The van der Waals surface area contributed by atoms with Crippen molar-refractivity contribution in [3.63, 3.8) is 0 Å². The lowest BCUT2D eigenvalue weighted by molar-refractivity contribution is -0.173. The number of fused-ring (bicyclic) bond motifs is 4. The summed E-state index contributed by atoms with van der Waals surface area (Å²) in [7, 11) is 0. The van der Waals surface area contributed by atoms with Crippen molar-refractivity contribution in [3.8, 4) is 11.5 Å². The summed E-state index contributed by atoms with van der Waals surface area (Å²) in [6.45, 7) is 3.25. The molecule has 43 heavy (non-hydrogen) atoms. The third kappa shape index (κ3) is 3.46. The Morgan fingerprint density at radius 2 is 1.86 bits per heavy atom. The van der Waals surface area contributed by atoms with Gasteiger partial charge in [-0.05, 0) is 80.0 Å². The fourth-order valence-electron chi connectivity index (χ4n) is 9.17. The van der Waals surface area contributed by atoms with Crippen molar-refractivity contribution in [2.24, 2.45) is 5.92 Å². The summed E-state index contributed by atoms with van der Waals surface area (Å²) < 4.78 is 9.26. The van der Waals surface area contributed by atoms with Crippen LogP contribution in [-0.2, 0) is 24.8 Å². The topological polar surface area (TPSA) is 87.0 Å². The Kier molecular flexibility index (Phi) is 5.43. The van der Waals surface area contributed by atoms with Gasteiger partial charge in [-0.15, -0.1) is 0 Å². The molecule has 1 amide bonds. The quantitative estimate of drug-likeness (QED) is 0.274. The molecule has 5 aliphatic rings. The first kappa shape index (κ1) is 25.7. The molecule has 1 aromatic heterocycles. The number of nitrogens with zero attached hydrogens (tertiary/aromatic N) is 2. The Morgan fingerprint density at radius 1 is 1.05 bits per heavy atom.